The third-order valence-corrected chi connectivity index (χ3v) is 2.52. The molecule has 1 N–H and O–H groups in total. The number of amides is 1. The Bertz CT molecular complexity index is 652. The fourth-order valence-corrected chi connectivity index (χ4v) is 1.61. The first-order chi connectivity index (χ1) is 8.90. The summed E-state index contributed by atoms with van der Waals surface area (Å²) in [7, 11) is 1.59. The Morgan fingerprint density at radius 1 is 1.26 bits per heavy atom. The van der Waals surface area contributed by atoms with Crippen LogP contribution in [0.1, 0.15) is 16.1 Å². The van der Waals surface area contributed by atoms with Crippen LogP contribution >= 0.6 is 0 Å². The van der Waals surface area contributed by atoms with Crippen molar-refractivity contribution in [3.05, 3.63) is 46.9 Å². The smallest absolute Gasteiger partial charge is 0.259 e. The number of nitrogens with zero attached hydrogens (tertiary/aromatic N) is 2. The summed E-state index contributed by atoms with van der Waals surface area (Å²) in [6, 6.07) is 3.14. The van der Waals surface area contributed by atoms with Gasteiger partial charge in [0.25, 0.3) is 5.91 Å². The van der Waals surface area contributed by atoms with Crippen molar-refractivity contribution < 1.29 is 18.0 Å². The highest BCUT2D eigenvalue weighted by Gasteiger charge is 2.19. The maximum Gasteiger partial charge on any atom is 0.259 e. The average Bonchev–Trinajstić information content (AvgIpc) is 2.65. The Labute approximate surface area is 106 Å². The third-order valence-electron chi connectivity index (χ3n) is 2.52. The second kappa shape index (κ2) is 4.75. The lowest BCUT2D eigenvalue weighted by atomic mass is 10.2. The van der Waals surface area contributed by atoms with E-state index in [2.05, 4.69) is 10.4 Å². The minimum absolute atomic E-state index is 0.326. The van der Waals surface area contributed by atoms with Crippen LogP contribution in [0.5, 0.6) is 0 Å². The highest BCUT2D eigenvalue weighted by atomic mass is 19.2. The summed E-state index contributed by atoms with van der Waals surface area (Å²) < 4.78 is 40.6. The van der Waals surface area contributed by atoms with Gasteiger partial charge >= 0.3 is 0 Å². The molecule has 0 spiro atoms. The van der Waals surface area contributed by atoms with E-state index in [1.54, 1.807) is 20.0 Å². The summed E-state index contributed by atoms with van der Waals surface area (Å²) in [4.78, 5) is 11.8. The number of hydrogen-bond acceptors (Lipinski definition) is 2. The van der Waals surface area contributed by atoms with Crippen molar-refractivity contribution in [1.82, 2.24) is 9.78 Å². The molecule has 2 rings (SSSR count). The van der Waals surface area contributed by atoms with Gasteiger partial charge in [-0.3, -0.25) is 9.48 Å². The zero-order valence-corrected chi connectivity index (χ0v) is 10.2. The van der Waals surface area contributed by atoms with Crippen molar-refractivity contribution in [3.63, 3.8) is 0 Å². The summed E-state index contributed by atoms with van der Waals surface area (Å²) >= 11 is 0. The molecule has 0 saturated carbocycles. The number of rotatable bonds is 2. The zero-order valence-electron chi connectivity index (χ0n) is 10.2. The van der Waals surface area contributed by atoms with E-state index in [4.69, 9.17) is 0 Å². The highest BCUT2D eigenvalue weighted by molar-refractivity contribution is 6.04. The number of hydrogen-bond donors (Lipinski definition) is 1. The van der Waals surface area contributed by atoms with Gasteiger partial charge in [0.1, 0.15) is 5.82 Å². The van der Waals surface area contributed by atoms with Gasteiger partial charge in [-0.2, -0.15) is 5.10 Å². The number of halogens is 3. The second-order valence-corrected chi connectivity index (χ2v) is 3.97. The molecule has 0 unspecified atom stereocenters. The molecule has 1 heterocycles. The Kier molecular flexibility index (Phi) is 3.28. The van der Waals surface area contributed by atoms with Crippen LogP contribution in [-0.2, 0) is 7.05 Å². The molecule has 0 fully saturated rings. The van der Waals surface area contributed by atoms with Gasteiger partial charge < -0.3 is 5.32 Å². The Morgan fingerprint density at radius 2 is 1.95 bits per heavy atom. The molecule has 0 aliphatic rings. The highest BCUT2D eigenvalue weighted by Crippen LogP contribution is 2.17. The normalized spacial score (nSPS) is 10.6. The number of benzene rings is 1. The third kappa shape index (κ3) is 2.44. The van der Waals surface area contributed by atoms with Gasteiger partial charge in [-0.25, -0.2) is 13.2 Å². The van der Waals surface area contributed by atoms with Gasteiger partial charge in [-0.15, -0.1) is 0 Å². The molecule has 0 saturated heterocycles. The lowest BCUT2D eigenvalue weighted by Crippen LogP contribution is -2.17. The molecule has 0 radical (unpaired) electrons. The second-order valence-electron chi connectivity index (χ2n) is 3.97. The predicted molar refractivity (Wildman–Crippen MR) is 62.2 cm³/mol. The molecule has 0 aliphatic carbocycles. The number of aryl methyl sites for hydroxylation is 2. The molecular formula is C12H10F3N3O. The lowest BCUT2D eigenvalue weighted by Gasteiger charge is -2.06. The summed E-state index contributed by atoms with van der Waals surface area (Å²) in [6.07, 6.45) is 0. The minimum Gasteiger partial charge on any atom is -0.307 e. The van der Waals surface area contributed by atoms with E-state index in [9.17, 15) is 18.0 Å². The van der Waals surface area contributed by atoms with Gasteiger partial charge in [0.05, 0.1) is 11.3 Å². The monoisotopic (exact) mass is 269 g/mol. The SMILES string of the molecule is Cc1cc(NC(=O)c2ccc(F)c(F)c2F)n(C)n1. The van der Waals surface area contributed by atoms with E-state index in [0.717, 1.165) is 6.07 Å². The fourth-order valence-electron chi connectivity index (χ4n) is 1.61. The number of carbonyl (C=O) groups excluding carboxylic acids is 1. The molecule has 2 aromatic rings. The zero-order chi connectivity index (χ0) is 14.2. The van der Waals surface area contributed by atoms with Crippen LogP contribution in [0, 0.1) is 24.4 Å². The Hall–Kier alpha value is -2.31. The molecule has 4 nitrogen and oxygen atoms in total. The molecular weight excluding hydrogens is 259 g/mol. The molecule has 19 heavy (non-hydrogen) atoms. The quantitative estimate of drug-likeness (QED) is 0.851. The lowest BCUT2D eigenvalue weighted by molar-refractivity contribution is 0.102. The van der Waals surface area contributed by atoms with E-state index >= 15 is 0 Å². The van der Waals surface area contributed by atoms with Crippen molar-refractivity contribution in [2.24, 2.45) is 7.05 Å². The number of anilines is 1. The average molecular weight is 269 g/mol. The number of aromatic nitrogens is 2. The van der Waals surface area contributed by atoms with E-state index < -0.39 is 28.9 Å². The van der Waals surface area contributed by atoms with E-state index in [1.807, 2.05) is 0 Å². The van der Waals surface area contributed by atoms with E-state index in [1.165, 1.54) is 4.68 Å². The largest absolute Gasteiger partial charge is 0.307 e. The first kappa shape index (κ1) is 13.1. The van der Waals surface area contributed by atoms with Crippen LogP contribution in [0.25, 0.3) is 0 Å². The Morgan fingerprint density at radius 3 is 2.53 bits per heavy atom. The van der Waals surface area contributed by atoms with Crippen LogP contribution in [0.3, 0.4) is 0 Å². The molecule has 0 bridgehead atoms. The molecule has 0 aliphatic heterocycles. The summed E-state index contributed by atoms with van der Waals surface area (Å²) in [5, 5.41) is 6.35. The number of nitrogens with one attached hydrogen (secondary N) is 1. The summed E-state index contributed by atoms with van der Waals surface area (Å²) in [6.45, 7) is 1.72. The molecule has 1 amide bonds. The topological polar surface area (TPSA) is 46.9 Å². The maximum atomic E-state index is 13.4. The molecule has 7 heteroatoms. The van der Waals surface area contributed by atoms with Gasteiger partial charge in [0.2, 0.25) is 0 Å². The Balaban J connectivity index is 2.31. The van der Waals surface area contributed by atoms with Crippen molar-refractivity contribution in [2.45, 2.75) is 6.92 Å². The van der Waals surface area contributed by atoms with Gasteiger partial charge in [0.15, 0.2) is 17.5 Å². The van der Waals surface area contributed by atoms with Crippen LogP contribution in [0.4, 0.5) is 19.0 Å². The van der Waals surface area contributed by atoms with Gasteiger partial charge in [0, 0.05) is 13.1 Å². The van der Waals surface area contributed by atoms with Gasteiger partial charge in [-0.1, -0.05) is 0 Å². The van der Waals surface area contributed by atoms with Crippen molar-refractivity contribution in [1.29, 1.82) is 0 Å². The van der Waals surface area contributed by atoms with Crippen molar-refractivity contribution in [2.75, 3.05) is 5.32 Å². The van der Waals surface area contributed by atoms with Crippen LogP contribution in [0.15, 0.2) is 18.2 Å². The minimum atomic E-state index is -1.67. The van der Waals surface area contributed by atoms with E-state index in [-0.39, 0.29) is 0 Å². The van der Waals surface area contributed by atoms with Crippen LogP contribution < -0.4 is 5.32 Å². The van der Waals surface area contributed by atoms with E-state index in [0.29, 0.717) is 17.6 Å². The van der Waals surface area contributed by atoms with Crippen LogP contribution in [-0.4, -0.2) is 15.7 Å². The standard InChI is InChI=1S/C12H10F3N3O/c1-6-5-9(18(2)17-6)16-12(19)7-3-4-8(13)11(15)10(7)14/h3-5H,1-2H3,(H,16,19). The predicted octanol–water partition coefficient (Wildman–Crippen LogP) is 2.40. The maximum absolute atomic E-state index is 13.4. The first-order valence-electron chi connectivity index (χ1n) is 5.35. The molecule has 100 valence electrons. The first-order valence-corrected chi connectivity index (χ1v) is 5.35. The molecule has 1 aromatic carbocycles. The van der Waals surface area contributed by atoms with Crippen LogP contribution in [0.2, 0.25) is 0 Å². The summed E-state index contributed by atoms with van der Waals surface area (Å²) in [5.41, 5.74) is 0.0845. The van der Waals surface area contributed by atoms with Crippen molar-refractivity contribution in [3.8, 4) is 0 Å². The molecule has 1 aromatic heterocycles. The molecule has 0 atom stereocenters. The summed E-state index contributed by atoms with van der Waals surface area (Å²) in [5.74, 6) is -5.08. The number of carbonyl (C=O) groups is 1. The fraction of sp³-hybridized carbons (Fsp3) is 0.167. The van der Waals surface area contributed by atoms with Gasteiger partial charge in [-0.05, 0) is 19.1 Å². The van der Waals surface area contributed by atoms with Crippen molar-refractivity contribution >= 4 is 11.7 Å².